The number of anilines is 1. The number of aromatic nitrogens is 2. The van der Waals surface area contributed by atoms with Crippen LogP contribution in [-0.2, 0) is 4.79 Å². The van der Waals surface area contributed by atoms with Crippen LogP contribution in [0, 0.1) is 11.6 Å². The monoisotopic (exact) mass is 389 g/mol. The van der Waals surface area contributed by atoms with E-state index in [4.69, 9.17) is 0 Å². The maximum atomic E-state index is 13.6. The fourth-order valence-electron chi connectivity index (χ4n) is 1.64. The number of halogens is 2. The van der Waals surface area contributed by atoms with Gasteiger partial charge in [0.1, 0.15) is 11.6 Å². The number of nitrogens with one attached hydrogen (secondary N) is 1. The number of rotatable bonds is 8. The Bertz CT molecular complexity index is 696. The van der Waals surface area contributed by atoms with Crippen LogP contribution in [0.5, 0.6) is 0 Å². The Balaban J connectivity index is 1.90. The van der Waals surface area contributed by atoms with Gasteiger partial charge in [0.15, 0.2) is 8.68 Å². The summed E-state index contributed by atoms with van der Waals surface area (Å²) >= 11 is 4.32. The Kier molecular flexibility index (Phi) is 7.44. The molecule has 2 aromatic rings. The van der Waals surface area contributed by atoms with Gasteiger partial charge in [-0.2, -0.15) is 0 Å². The molecule has 1 amide bonds. The molecule has 1 atom stereocenters. The molecule has 2 rings (SSSR count). The van der Waals surface area contributed by atoms with E-state index in [9.17, 15) is 13.6 Å². The molecule has 9 heteroatoms. The van der Waals surface area contributed by atoms with Crippen LogP contribution in [0.4, 0.5) is 14.5 Å². The molecular formula is C15H17F2N3OS3. The van der Waals surface area contributed by atoms with Crippen LogP contribution < -0.4 is 5.32 Å². The molecule has 0 saturated heterocycles. The minimum Gasteiger partial charge on any atom is -0.323 e. The third-order valence-electron chi connectivity index (χ3n) is 2.94. The van der Waals surface area contributed by atoms with Gasteiger partial charge in [-0.25, -0.2) is 8.78 Å². The predicted octanol–water partition coefficient (Wildman–Crippen LogP) is 4.83. The van der Waals surface area contributed by atoms with Gasteiger partial charge in [0.25, 0.3) is 0 Å². The van der Waals surface area contributed by atoms with E-state index >= 15 is 0 Å². The van der Waals surface area contributed by atoms with Crippen molar-refractivity contribution in [3.8, 4) is 0 Å². The van der Waals surface area contributed by atoms with Crippen molar-refractivity contribution in [3.05, 3.63) is 29.8 Å². The number of benzene rings is 1. The van der Waals surface area contributed by atoms with Crippen molar-refractivity contribution in [2.75, 3.05) is 11.1 Å². The van der Waals surface area contributed by atoms with Crippen molar-refractivity contribution in [2.24, 2.45) is 0 Å². The molecular weight excluding hydrogens is 372 g/mol. The molecule has 0 aliphatic heterocycles. The summed E-state index contributed by atoms with van der Waals surface area (Å²) in [6, 6.07) is 2.94. The maximum absolute atomic E-state index is 13.6. The molecule has 0 spiro atoms. The van der Waals surface area contributed by atoms with E-state index in [0.717, 1.165) is 41.1 Å². The Hall–Kier alpha value is -1.19. The molecule has 1 aromatic heterocycles. The zero-order valence-electron chi connectivity index (χ0n) is 13.2. The molecule has 130 valence electrons. The number of amides is 1. The molecule has 1 N–H and O–H groups in total. The second-order valence-electron chi connectivity index (χ2n) is 4.91. The maximum Gasteiger partial charge on any atom is 0.237 e. The fraction of sp³-hybridized carbons (Fsp3) is 0.400. The number of unbranched alkanes of at least 4 members (excludes halogenated alkanes) is 1. The Labute approximate surface area is 151 Å². The topological polar surface area (TPSA) is 54.9 Å². The minimum absolute atomic E-state index is 0.166. The highest BCUT2D eigenvalue weighted by molar-refractivity contribution is 8.03. The van der Waals surface area contributed by atoms with Gasteiger partial charge in [-0.15, -0.1) is 10.2 Å². The second-order valence-corrected chi connectivity index (χ2v) is 8.82. The molecule has 24 heavy (non-hydrogen) atoms. The average molecular weight is 390 g/mol. The number of carbonyl (C=O) groups is 1. The summed E-state index contributed by atoms with van der Waals surface area (Å²) < 4.78 is 28.2. The summed E-state index contributed by atoms with van der Waals surface area (Å²) in [6.45, 7) is 3.81. The van der Waals surface area contributed by atoms with E-state index in [1.54, 1.807) is 18.7 Å². The Morgan fingerprint density at radius 3 is 2.83 bits per heavy atom. The first-order valence-electron chi connectivity index (χ1n) is 7.38. The number of hydrogen-bond acceptors (Lipinski definition) is 6. The van der Waals surface area contributed by atoms with E-state index in [1.807, 2.05) is 0 Å². The standard InChI is InChI=1S/C15H17F2N3OS3/c1-3-4-7-22-14-19-20-15(24-14)23-9(2)13(21)18-12-8-10(16)5-6-11(12)17/h5-6,8-9H,3-4,7H2,1-2H3,(H,18,21)/t9-/m0/s1. The molecule has 0 bridgehead atoms. The number of nitrogens with zero attached hydrogens (tertiary/aromatic N) is 2. The highest BCUT2D eigenvalue weighted by atomic mass is 32.2. The molecule has 1 heterocycles. The third-order valence-corrected chi connectivity index (χ3v) is 6.27. The van der Waals surface area contributed by atoms with E-state index in [1.165, 1.54) is 23.1 Å². The van der Waals surface area contributed by atoms with Gasteiger partial charge in [-0.05, 0) is 25.5 Å². The highest BCUT2D eigenvalue weighted by Crippen LogP contribution is 2.32. The quantitative estimate of drug-likeness (QED) is 0.518. The molecule has 0 saturated carbocycles. The number of hydrogen-bond donors (Lipinski definition) is 1. The Morgan fingerprint density at radius 1 is 1.33 bits per heavy atom. The second kappa shape index (κ2) is 9.33. The van der Waals surface area contributed by atoms with Crippen molar-refractivity contribution in [3.63, 3.8) is 0 Å². The van der Waals surface area contributed by atoms with Gasteiger partial charge in [-0.3, -0.25) is 4.79 Å². The van der Waals surface area contributed by atoms with E-state index in [2.05, 4.69) is 22.4 Å². The van der Waals surface area contributed by atoms with Crippen LogP contribution >= 0.6 is 34.9 Å². The number of thioether (sulfide) groups is 2. The number of carbonyl (C=O) groups excluding carboxylic acids is 1. The summed E-state index contributed by atoms with van der Waals surface area (Å²) in [4.78, 5) is 12.1. The smallest absolute Gasteiger partial charge is 0.237 e. The van der Waals surface area contributed by atoms with Crippen LogP contribution in [0.1, 0.15) is 26.7 Å². The van der Waals surface area contributed by atoms with E-state index in [-0.39, 0.29) is 5.69 Å². The van der Waals surface area contributed by atoms with Gasteiger partial charge < -0.3 is 5.32 Å². The van der Waals surface area contributed by atoms with E-state index in [0.29, 0.717) is 4.34 Å². The summed E-state index contributed by atoms with van der Waals surface area (Å²) in [6.07, 6.45) is 2.24. The lowest BCUT2D eigenvalue weighted by atomic mass is 10.3. The minimum atomic E-state index is -0.674. The van der Waals surface area contributed by atoms with Crippen LogP contribution in [-0.4, -0.2) is 27.1 Å². The zero-order valence-corrected chi connectivity index (χ0v) is 15.7. The molecule has 0 aliphatic carbocycles. The van der Waals surface area contributed by atoms with Gasteiger partial charge >= 0.3 is 0 Å². The lowest BCUT2D eigenvalue weighted by molar-refractivity contribution is -0.115. The fourth-order valence-corrected chi connectivity index (χ4v) is 4.96. The lowest BCUT2D eigenvalue weighted by Crippen LogP contribution is -2.23. The van der Waals surface area contributed by atoms with E-state index < -0.39 is 22.8 Å². The molecule has 0 fully saturated rings. The van der Waals surface area contributed by atoms with Crippen LogP contribution in [0.2, 0.25) is 0 Å². The molecule has 4 nitrogen and oxygen atoms in total. The molecule has 1 aromatic carbocycles. The van der Waals surface area contributed by atoms with Crippen molar-refractivity contribution in [2.45, 2.75) is 40.6 Å². The largest absolute Gasteiger partial charge is 0.323 e. The van der Waals surface area contributed by atoms with Crippen LogP contribution in [0.15, 0.2) is 26.9 Å². The SMILES string of the molecule is CCCCSc1nnc(S[C@@H](C)C(=O)Nc2cc(F)ccc2F)s1. The normalized spacial score (nSPS) is 12.2. The molecule has 0 radical (unpaired) electrons. The third kappa shape index (κ3) is 5.71. The van der Waals surface area contributed by atoms with Crippen molar-refractivity contribution < 1.29 is 13.6 Å². The predicted molar refractivity (Wildman–Crippen MR) is 95.8 cm³/mol. The van der Waals surface area contributed by atoms with Crippen LogP contribution in [0.3, 0.4) is 0 Å². The van der Waals surface area contributed by atoms with Crippen molar-refractivity contribution in [1.29, 1.82) is 0 Å². The molecule has 0 unspecified atom stereocenters. The summed E-state index contributed by atoms with van der Waals surface area (Å²) in [5, 5.41) is 10.0. The van der Waals surface area contributed by atoms with Crippen molar-refractivity contribution >= 4 is 46.5 Å². The zero-order chi connectivity index (χ0) is 17.5. The Morgan fingerprint density at radius 2 is 2.08 bits per heavy atom. The molecule has 0 aliphatic rings. The van der Waals surface area contributed by atoms with Gasteiger partial charge in [-0.1, -0.05) is 48.2 Å². The lowest BCUT2D eigenvalue weighted by Gasteiger charge is -2.10. The van der Waals surface area contributed by atoms with Gasteiger partial charge in [0, 0.05) is 11.8 Å². The summed E-state index contributed by atoms with van der Waals surface area (Å²) in [7, 11) is 0. The van der Waals surface area contributed by atoms with Crippen molar-refractivity contribution in [1.82, 2.24) is 10.2 Å². The summed E-state index contributed by atoms with van der Waals surface area (Å²) in [5.74, 6) is -0.706. The van der Waals surface area contributed by atoms with Gasteiger partial charge in [0.05, 0.1) is 10.9 Å². The first kappa shape index (κ1) is 19.1. The van der Waals surface area contributed by atoms with Gasteiger partial charge in [0.2, 0.25) is 5.91 Å². The average Bonchev–Trinajstić information content (AvgIpc) is 2.98. The highest BCUT2D eigenvalue weighted by Gasteiger charge is 2.19. The first-order valence-corrected chi connectivity index (χ1v) is 10.1. The first-order chi connectivity index (χ1) is 11.5. The summed E-state index contributed by atoms with van der Waals surface area (Å²) in [5.41, 5.74) is -0.166. The van der Waals surface area contributed by atoms with Crippen LogP contribution in [0.25, 0.3) is 0 Å².